The van der Waals surface area contributed by atoms with Crippen molar-refractivity contribution in [2.24, 2.45) is 0 Å². The van der Waals surface area contributed by atoms with Crippen molar-refractivity contribution in [3.8, 4) is 33.8 Å². The molecule has 100 radical (unpaired) electrons. The van der Waals surface area contributed by atoms with Gasteiger partial charge in [-0.2, -0.15) is 0 Å². The zero-order valence-electron chi connectivity index (χ0n) is 71.0. The molecule has 424 valence electrons. The van der Waals surface area contributed by atoms with E-state index in [1.807, 2.05) is 78.9 Å². The van der Waals surface area contributed by atoms with E-state index in [1.165, 1.54) is 0 Å². The summed E-state index contributed by atoms with van der Waals surface area (Å²) >= 11 is 0. The molecule has 4 rings (SSSR count). The van der Waals surface area contributed by atoms with Crippen LogP contribution < -0.4 is 0 Å². The molecule has 0 unspecified atom stereocenters. The summed E-state index contributed by atoms with van der Waals surface area (Å²) in [7, 11) is 0. The first-order valence-corrected chi connectivity index (χ1v) is 7.78. The molecule has 2 aromatic carbocycles. The fourth-order valence-electron chi connectivity index (χ4n) is 2.58. The molecule has 0 atom stereocenters. The topological polar surface area (TPSA) is 25.8 Å². The molecule has 0 saturated carbocycles. The van der Waals surface area contributed by atoms with Crippen molar-refractivity contribution < 1.29 is 3290 Å². The van der Waals surface area contributed by atoms with Gasteiger partial charge in [-0.25, -0.2) is 0 Å². The summed E-state index contributed by atoms with van der Waals surface area (Å²) < 4.78 is 0. The Bertz CT molecular complexity index is 963. The van der Waals surface area contributed by atoms with Crippen LogP contribution in [-0.4, -0.2) is 9.97 Å². The number of benzene rings is 2. The van der Waals surface area contributed by atoms with Gasteiger partial charge >= 0.3 is 0 Å². The minimum absolute atomic E-state index is 0. The monoisotopic (exact) mass is 9390 g/mol. The van der Waals surface area contributed by atoms with E-state index in [-0.39, 0.29) is 3290 Å². The zero-order valence-corrected chi connectivity index (χ0v) is 357. The average molecular weight is 9390 g/mol. The average Bonchev–Trinajstić information content (AvgIpc) is 2.70. The third kappa shape index (κ3) is 504. The van der Waals surface area contributed by atoms with Crippen molar-refractivity contribution in [2.45, 2.75) is 0 Å². The van der Waals surface area contributed by atoms with Crippen LogP contribution >= 0.6 is 0 Å². The molecule has 0 N–H and O–H groups in total. The van der Waals surface area contributed by atoms with Crippen LogP contribution in [0.2, 0.25) is 0 Å². The molecule has 0 amide bonds. The van der Waals surface area contributed by atoms with E-state index in [4.69, 9.17) is 4.98 Å². The van der Waals surface area contributed by atoms with Crippen molar-refractivity contribution in [3.05, 3.63) is 97.2 Å². The summed E-state index contributed by atoms with van der Waals surface area (Å²) in [5.41, 5.74) is 5.61. The maximum Gasteiger partial charge on any atom is 0.0183 e. The van der Waals surface area contributed by atoms with Crippen LogP contribution in [0, 0.1) is 12.1 Å². The SMILES string of the molecule is [Pt].[Y].[Y].[Y].[Y].[Y].[Y].[Y].[Y].[Y].[Y].[Y].[Y].[Y].[Y].[Y].[Y].[Y].[Y].[Y].[Y].[Y].[Y].[Y].[Y].[Y].[Y].[Y].[Y].[Y].[Y].[Y].[Y].[Y].[Y].[Y].[Y].[Y].[Y].[Y].[Y].[Y].[Y].[Y].[Y].[Y].[Y].[Y].[Y].[Y].[Y].[Y].[Y].[Y].[Y].[Y].[Y].[Y].[Y].[Y].[Y].[Y].[Y].[Y].[Y].[Y].[Y].[Y].[Y].[Y].[Y].[Y].[Y].[Y].[Y].[Y].[Y].[Y].[Y].[Y].[Y].[Y].[Y].[Y].[Y].[Y].[Y].[Y].[Y].[Y].[Y].[Y].[Y].[Y].[Y].[Y].[Y].[Y].[Y].[Y].[Y].[c-]1ccccc1-c1cccc(-c2[c-]c(-c3ccccn3)ccc2)n1. The number of aromatic nitrogens is 2. The van der Waals surface area contributed by atoms with E-state index in [9.17, 15) is 0 Å². The standard InChI is InChI=1S/C22H14N2.Pt.100Y/c1-2-8-17(9-3-1)21-13-7-14-22(24-21)19-11-6-10-18(16-19)20-12-4-5-15-23-20;;;;;;;;;;;;;;;;;;;;;;;;;;;;;;;;;;;;;;;;;;;;;;;;;;;;;;;;;;;;;;;;;;;;;;;;;;;;;;;;;;;;;;;;;;;;;;;;;;;;;/h1-8,10-15H;;;;;;;;;;;;;;;;;;;;;;;;;;;;;;;;;;;;;;;;;;;;;;;;;;;;;;;;;;;;;;;;;;;;;;;;;;;;;;;;;;;;;;;;;;;;;;;;;;;;;/q-2;;;;;;;;;;;;;;;;;;;;;;;;;;;;;;;;;;;;;;;;;;;;;;;;;;;;;;;;;;;;;;;;;;;;;;;;;;;;;;;;;;;;;;;;;;;;;;;;;;;;;. The summed E-state index contributed by atoms with van der Waals surface area (Å²) in [6.07, 6.45) is 1.79. The van der Waals surface area contributed by atoms with Gasteiger partial charge in [0, 0.05) is 3300 Å². The second-order valence-corrected chi connectivity index (χ2v) is 5.38. The third-order valence-corrected chi connectivity index (χ3v) is 3.75. The molecular weight excluding hydrogens is 9380 g/mol. The second-order valence-electron chi connectivity index (χ2n) is 5.38. The maximum absolute atomic E-state index is 4.77. The first-order valence-electron chi connectivity index (χ1n) is 7.78. The van der Waals surface area contributed by atoms with Gasteiger partial charge in [0.1, 0.15) is 0 Å². The van der Waals surface area contributed by atoms with Crippen LogP contribution in [0.25, 0.3) is 33.8 Å². The number of rotatable bonds is 3. The van der Waals surface area contributed by atoms with Crippen LogP contribution in [0.15, 0.2) is 85.1 Å². The molecule has 0 aliphatic carbocycles. The van der Waals surface area contributed by atoms with Gasteiger partial charge in [-0.05, 0) is 17.5 Å². The maximum atomic E-state index is 4.77. The molecule has 0 aliphatic heterocycles. The van der Waals surface area contributed by atoms with Gasteiger partial charge in [-0.1, -0.05) is 41.5 Å². The molecule has 0 aliphatic rings. The first kappa shape index (κ1) is 688. The molecule has 0 bridgehead atoms. The number of pyridine rings is 2. The molecular formula is C22H14N2PtY100-2. The van der Waals surface area contributed by atoms with E-state index in [2.05, 4.69) is 17.1 Å². The quantitative estimate of drug-likeness (QED) is 0.276. The van der Waals surface area contributed by atoms with Gasteiger partial charge < -0.3 is 4.98 Å². The van der Waals surface area contributed by atoms with Crippen molar-refractivity contribution >= 4 is 0 Å². The Kier molecular flexibility index (Phi) is 3290. The number of nitrogens with zero attached hydrogens (tertiary/aromatic N) is 2. The predicted molar refractivity (Wildman–Crippen MR) is 96.0 cm³/mol. The molecule has 0 spiro atoms. The molecule has 0 fully saturated rings. The van der Waals surface area contributed by atoms with Gasteiger partial charge in [-0.3, -0.25) is 4.98 Å². The van der Waals surface area contributed by atoms with E-state index in [0.717, 1.165) is 33.8 Å². The fourth-order valence-corrected chi connectivity index (χ4v) is 2.58. The minimum Gasteiger partial charge on any atom is -0.335 e. The molecule has 103 heteroatoms. The summed E-state index contributed by atoms with van der Waals surface area (Å²) in [4.78, 5) is 9.16. The molecule has 4 aromatic rings. The Morgan fingerprint density at radius 1 is 0.128 bits per heavy atom. The van der Waals surface area contributed by atoms with E-state index in [0.29, 0.717) is 0 Å². The van der Waals surface area contributed by atoms with E-state index in [1.54, 1.807) is 6.20 Å². The molecule has 125 heavy (non-hydrogen) atoms. The van der Waals surface area contributed by atoms with Crippen molar-refractivity contribution in [1.29, 1.82) is 0 Å². The normalized spacial score (nSPS) is 2.02. The number of hydrogen-bond donors (Lipinski definition) is 0. The van der Waals surface area contributed by atoms with E-state index >= 15 is 0 Å². The number of hydrogen-bond acceptors (Lipinski definition) is 2. The third-order valence-electron chi connectivity index (χ3n) is 3.75. The van der Waals surface area contributed by atoms with Crippen LogP contribution in [0.5, 0.6) is 0 Å². The van der Waals surface area contributed by atoms with Crippen molar-refractivity contribution in [2.75, 3.05) is 0 Å². The summed E-state index contributed by atoms with van der Waals surface area (Å²) in [5.74, 6) is 0. The molecule has 2 aromatic heterocycles. The zero-order chi connectivity index (χ0) is 16.2. The molecule has 2 heterocycles. The largest absolute Gasteiger partial charge is 0.335 e. The Morgan fingerprint density at radius 2 is 0.256 bits per heavy atom. The fraction of sp³-hybridized carbons (Fsp3) is 0. The molecule has 0 saturated heterocycles. The van der Waals surface area contributed by atoms with E-state index < -0.39 is 0 Å². The van der Waals surface area contributed by atoms with Gasteiger partial charge in [0.15, 0.2) is 0 Å². The summed E-state index contributed by atoms with van der Waals surface area (Å²) in [5, 5.41) is 0. The molecule has 2 nitrogen and oxygen atoms in total. The second kappa shape index (κ2) is 597. The minimum atomic E-state index is 0. The first-order chi connectivity index (χ1) is 11.9. The van der Waals surface area contributed by atoms with Crippen LogP contribution in [0.4, 0.5) is 0 Å². The smallest absolute Gasteiger partial charge is 0.0183 e. The Morgan fingerprint density at radius 3 is 0.400 bits per heavy atom. The van der Waals surface area contributed by atoms with Gasteiger partial charge in [0.2, 0.25) is 0 Å². The van der Waals surface area contributed by atoms with Crippen LogP contribution in [0.3, 0.4) is 0 Å². The van der Waals surface area contributed by atoms with Crippen molar-refractivity contribution in [3.63, 3.8) is 0 Å². The van der Waals surface area contributed by atoms with Gasteiger partial charge in [0.05, 0.1) is 0 Å². The Labute approximate surface area is 3300 Å². The summed E-state index contributed by atoms with van der Waals surface area (Å²) in [6.45, 7) is 0. The predicted octanol–water partition coefficient (Wildman–Crippen LogP) is 4.83. The van der Waals surface area contributed by atoms with Gasteiger partial charge in [0.25, 0.3) is 0 Å². The Balaban J connectivity index is -0.000000000752. The van der Waals surface area contributed by atoms with Crippen LogP contribution in [0.1, 0.15) is 0 Å². The summed E-state index contributed by atoms with van der Waals surface area (Å²) in [6, 6.07) is 32.4. The van der Waals surface area contributed by atoms with Crippen LogP contribution in [-0.2, 0) is 3290 Å². The Hall–Kier alpha value is 108. The van der Waals surface area contributed by atoms with Gasteiger partial charge in [-0.15, -0.1) is 60.2 Å². The van der Waals surface area contributed by atoms with Crippen molar-refractivity contribution in [1.82, 2.24) is 9.97 Å².